The summed E-state index contributed by atoms with van der Waals surface area (Å²) in [5, 5.41) is 7.39. The van der Waals surface area contributed by atoms with Crippen LogP contribution in [0.4, 0.5) is 0 Å². The van der Waals surface area contributed by atoms with E-state index in [-0.39, 0.29) is 11.5 Å². The van der Waals surface area contributed by atoms with Crippen molar-refractivity contribution < 1.29 is 4.79 Å². The van der Waals surface area contributed by atoms with E-state index in [1.54, 1.807) is 24.0 Å². The molecule has 140 valence electrons. The van der Waals surface area contributed by atoms with Crippen LogP contribution in [0.15, 0.2) is 35.4 Å². The van der Waals surface area contributed by atoms with Gasteiger partial charge in [0.05, 0.1) is 5.69 Å². The Morgan fingerprint density at radius 2 is 1.96 bits per heavy atom. The fourth-order valence-electron chi connectivity index (χ4n) is 2.93. The maximum Gasteiger partial charge on any atom is 0.252 e. The summed E-state index contributed by atoms with van der Waals surface area (Å²) < 4.78 is 1.62. The van der Waals surface area contributed by atoms with Crippen molar-refractivity contribution in [3.05, 3.63) is 69.2 Å². The second-order valence-corrected chi connectivity index (χ2v) is 6.40. The highest BCUT2D eigenvalue weighted by molar-refractivity contribution is 5.76. The van der Waals surface area contributed by atoms with Gasteiger partial charge >= 0.3 is 0 Å². The first-order valence-corrected chi connectivity index (χ1v) is 8.73. The van der Waals surface area contributed by atoms with Gasteiger partial charge in [-0.2, -0.15) is 5.10 Å². The van der Waals surface area contributed by atoms with Crippen molar-refractivity contribution in [3.63, 3.8) is 0 Å². The van der Waals surface area contributed by atoms with Gasteiger partial charge in [0.15, 0.2) is 0 Å². The molecule has 3 aromatic heterocycles. The van der Waals surface area contributed by atoms with Crippen LogP contribution in [0, 0.1) is 20.8 Å². The van der Waals surface area contributed by atoms with Crippen LogP contribution in [0.25, 0.3) is 5.95 Å². The predicted molar refractivity (Wildman–Crippen MR) is 101 cm³/mol. The molecule has 0 saturated carbocycles. The summed E-state index contributed by atoms with van der Waals surface area (Å²) in [6, 6.07) is 5.17. The van der Waals surface area contributed by atoms with Crippen molar-refractivity contribution >= 4 is 5.91 Å². The van der Waals surface area contributed by atoms with E-state index in [4.69, 9.17) is 0 Å². The lowest BCUT2D eigenvalue weighted by Crippen LogP contribution is -2.23. The van der Waals surface area contributed by atoms with Gasteiger partial charge in [-0.15, -0.1) is 0 Å². The summed E-state index contributed by atoms with van der Waals surface area (Å²) >= 11 is 0. The molecule has 0 radical (unpaired) electrons. The fourth-order valence-corrected chi connectivity index (χ4v) is 2.93. The molecule has 3 aromatic rings. The second-order valence-electron chi connectivity index (χ2n) is 6.40. The van der Waals surface area contributed by atoms with E-state index >= 15 is 0 Å². The third-order valence-electron chi connectivity index (χ3n) is 4.34. The molecule has 8 nitrogen and oxygen atoms in total. The molecule has 3 heterocycles. The first-order chi connectivity index (χ1) is 12.9. The SMILES string of the molecule is Cc1cc(=O)[nH]c(-n2nc(C)c(CCC(=O)NCc3ccncc3)c2C)n1. The Labute approximate surface area is 156 Å². The fraction of sp³-hybridized carbons (Fsp3) is 0.316. The van der Waals surface area contributed by atoms with Gasteiger partial charge in [0, 0.05) is 42.8 Å². The molecule has 0 atom stereocenters. The van der Waals surface area contributed by atoms with Crippen LogP contribution in [0.1, 0.15) is 34.6 Å². The Bertz CT molecular complexity index is 1010. The molecule has 0 aliphatic carbocycles. The molecule has 27 heavy (non-hydrogen) atoms. The van der Waals surface area contributed by atoms with E-state index in [0.29, 0.717) is 31.0 Å². The van der Waals surface area contributed by atoms with Crippen LogP contribution < -0.4 is 10.9 Å². The van der Waals surface area contributed by atoms with Crippen LogP contribution in [-0.4, -0.2) is 30.6 Å². The zero-order chi connectivity index (χ0) is 19.4. The molecule has 0 saturated heterocycles. The molecule has 0 aliphatic rings. The average Bonchev–Trinajstić information content (AvgIpc) is 2.92. The van der Waals surface area contributed by atoms with Gasteiger partial charge < -0.3 is 5.32 Å². The minimum Gasteiger partial charge on any atom is -0.352 e. The number of aromatic amines is 1. The summed E-state index contributed by atoms with van der Waals surface area (Å²) in [6.45, 7) is 6.04. The summed E-state index contributed by atoms with van der Waals surface area (Å²) in [5.41, 5.74) is 4.08. The van der Waals surface area contributed by atoms with Crippen LogP contribution >= 0.6 is 0 Å². The Kier molecular flexibility index (Phi) is 5.44. The zero-order valence-electron chi connectivity index (χ0n) is 15.6. The third kappa shape index (κ3) is 4.46. The number of hydrogen-bond acceptors (Lipinski definition) is 5. The molecule has 8 heteroatoms. The maximum atomic E-state index is 12.2. The first kappa shape index (κ1) is 18.5. The molecule has 0 spiro atoms. The van der Waals surface area contributed by atoms with Crippen molar-refractivity contribution in [1.29, 1.82) is 0 Å². The number of pyridine rings is 1. The maximum absolute atomic E-state index is 12.2. The second kappa shape index (κ2) is 7.94. The predicted octanol–water partition coefficient (Wildman–Crippen LogP) is 1.52. The van der Waals surface area contributed by atoms with E-state index in [2.05, 4.69) is 25.4 Å². The smallest absolute Gasteiger partial charge is 0.252 e. The normalized spacial score (nSPS) is 10.8. The molecule has 0 fully saturated rings. The van der Waals surface area contributed by atoms with Crippen LogP contribution in [0.5, 0.6) is 0 Å². The van der Waals surface area contributed by atoms with E-state index in [9.17, 15) is 9.59 Å². The van der Waals surface area contributed by atoms with Crippen molar-refractivity contribution in [3.8, 4) is 5.95 Å². The van der Waals surface area contributed by atoms with Gasteiger partial charge in [-0.1, -0.05) is 0 Å². The van der Waals surface area contributed by atoms with Gasteiger partial charge in [0.25, 0.3) is 5.56 Å². The average molecular weight is 366 g/mol. The number of aryl methyl sites for hydroxylation is 2. The minimum absolute atomic E-state index is 0.0274. The molecule has 3 rings (SSSR count). The summed E-state index contributed by atoms with van der Waals surface area (Å²) in [7, 11) is 0. The number of nitrogens with zero attached hydrogens (tertiary/aromatic N) is 4. The van der Waals surface area contributed by atoms with Gasteiger partial charge in [-0.25, -0.2) is 9.67 Å². The standard InChI is InChI=1S/C19H22N6O2/c1-12-10-18(27)23-19(22-12)25-14(3)16(13(2)24-25)4-5-17(26)21-11-15-6-8-20-9-7-15/h6-10H,4-5,11H2,1-3H3,(H,21,26)(H,22,23,27). The molecule has 2 N–H and O–H groups in total. The van der Waals surface area contributed by atoms with Gasteiger partial charge in [-0.3, -0.25) is 19.6 Å². The number of carbonyl (C=O) groups excluding carboxylic acids is 1. The molecule has 1 amide bonds. The molecular weight excluding hydrogens is 344 g/mol. The zero-order valence-corrected chi connectivity index (χ0v) is 15.6. The summed E-state index contributed by atoms with van der Waals surface area (Å²) in [6.07, 6.45) is 4.32. The van der Waals surface area contributed by atoms with E-state index < -0.39 is 0 Å². The van der Waals surface area contributed by atoms with Crippen LogP contribution in [0.3, 0.4) is 0 Å². The number of H-pyrrole nitrogens is 1. The monoisotopic (exact) mass is 366 g/mol. The van der Waals surface area contributed by atoms with E-state index in [1.807, 2.05) is 26.0 Å². The topological polar surface area (TPSA) is 106 Å². The molecular formula is C19H22N6O2. The van der Waals surface area contributed by atoms with Crippen molar-refractivity contribution in [2.24, 2.45) is 0 Å². The van der Waals surface area contributed by atoms with Gasteiger partial charge in [0.1, 0.15) is 0 Å². The molecule has 0 aliphatic heterocycles. The van der Waals surface area contributed by atoms with Crippen molar-refractivity contribution in [2.75, 3.05) is 0 Å². The Morgan fingerprint density at radius 3 is 2.67 bits per heavy atom. The highest BCUT2D eigenvalue weighted by Crippen LogP contribution is 2.17. The quantitative estimate of drug-likeness (QED) is 0.688. The third-order valence-corrected chi connectivity index (χ3v) is 4.34. The number of aromatic nitrogens is 5. The van der Waals surface area contributed by atoms with Crippen molar-refractivity contribution in [2.45, 2.75) is 40.2 Å². The first-order valence-electron chi connectivity index (χ1n) is 8.73. The number of amides is 1. The van der Waals surface area contributed by atoms with Crippen LogP contribution in [-0.2, 0) is 17.8 Å². The molecule has 0 bridgehead atoms. The van der Waals surface area contributed by atoms with Gasteiger partial charge in [0.2, 0.25) is 11.9 Å². The van der Waals surface area contributed by atoms with Crippen LogP contribution in [0.2, 0.25) is 0 Å². The Balaban J connectivity index is 1.68. The molecule has 0 aromatic carbocycles. The molecule has 0 unspecified atom stereocenters. The number of hydrogen-bond donors (Lipinski definition) is 2. The van der Waals surface area contributed by atoms with Crippen molar-refractivity contribution in [1.82, 2.24) is 30.0 Å². The minimum atomic E-state index is -0.220. The lowest BCUT2D eigenvalue weighted by atomic mass is 10.1. The Hall–Kier alpha value is -3.29. The lowest BCUT2D eigenvalue weighted by Gasteiger charge is -2.06. The highest BCUT2D eigenvalue weighted by atomic mass is 16.1. The summed E-state index contributed by atoms with van der Waals surface area (Å²) in [4.78, 5) is 34.9. The Morgan fingerprint density at radius 1 is 1.22 bits per heavy atom. The lowest BCUT2D eigenvalue weighted by molar-refractivity contribution is -0.121. The number of rotatable bonds is 6. The largest absolute Gasteiger partial charge is 0.352 e. The number of nitrogens with one attached hydrogen (secondary N) is 2. The highest BCUT2D eigenvalue weighted by Gasteiger charge is 2.15. The van der Waals surface area contributed by atoms with E-state index in [0.717, 1.165) is 22.5 Å². The summed E-state index contributed by atoms with van der Waals surface area (Å²) in [5.74, 6) is 0.356. The number of carbonyl (C=O) groups is 1. The van der Waals surface area contributed by atoms with E-state index in [1.165, 1.54) is 6.07 Å². The van der Waals surface area contributed by atoms with Gasteiger partial charge in [-0.05, 0) is 50.5 Å².